The van der Waals surface area contributed by atoms with Crippen LogP contribution in [0, 0.1) is 5.92 Å². The van der Waals surface area contributed by atoms with Crippen LogP contribution in [0.25, 0.3) is 0 Å². The summed E-state index contributed by atoms with van der Waals surface area (Å²) >= 11 is 0. The molecule has 7 heteroatoms. The van der Waals surface area contributed by atoms with Crippen LogP contribution < -0.4 is 4.74 Å². The molecule has 1 aliphatic rings. The fourth-order valence-electron chi connectivity index (χ4n) is 2.71. The first-order valence-electron chi connectivity index (χ1n) is 8.51. The highest BCUT2D eigenvalue weighted by Gasteiger charge is 2.37. The summed E-state index contributed by atoms with van der Waals surface area (Å²) in [5.74, 6) is 0.0999. The lowest BCUT2D eigenvalue weighted by molar-refractivity contribution is 0.0696. The van der Waals surface area contributed by atoms with Crippen LogP contribution in [0.1, 0.15) is 42.6 Å². The van der Waals surface area contributed by atoms with Crippen LogP contribution in [-0.4, -0.2) is 29.7 Å². The summed E-state index contributed by atoms with van der Waals surface area (Å²) in [4.78, 5) is 15.3. The maximum absolute atomic E-state index is 12.2. The minimum Gasteiger partial charge on any atom is -0.478 e. The number of benzene rings is 1. The number of aromatic carboxylic acids is 1. The van der Waals surface area contributed by atoms with Crippen LogP contribution in [-0.2, 0) is 16.3 Å². The first-order chi connectivity index (χ1) is 12.3. The highest BCUT2D eigenvalue weighted by Crippen LogP contribution is 2.33. The van der Waals surface area contributed by atoms with E-state index in [1.807, 2.05) is 0 Å². The molecule has 2 aromatic rings. The molecular weight excluding hydrogens is 354 g/mol. The summed E-state index contributed by atoms with van der Waals surface area (Å²) in [7, 11) is -3.34. The van der Waals surface area contributed by atoms with Gasteiger partial charge in [-0.15, -0.1) is 0 Å². The van der Waals surface area contributed by atoms with Crippen molar-refractivity contribution in [2.24, 2.45) is 5.92 Å². The summed E-state index contributed by atoms with van der Waals surface area (Å²) in [6.07, 6.45) is 3.45. The van der Waals surface area contributed by atoms with Crippen LogP contribution in [0.2, 0.25) is 0 Å². The predicted octanol–water partition coefficient (Wildman–Crippen LogP) is 3.71. The molecule has 26 heavy (non-hydrogen) atoms. The SMILES string of the molecule is CC(C)Cc1cc(Oc2ccc(S(=O)(=O)C3CC3)nc2)cc(C(=O)O)c1. The molecule has 1 aromatic carbocycles. The summed E-state index contributed by atoms with van der Waals surface area (Å²) in [6.45, 7) is 4.11. The second kappa shape index (κ2) is 7.07. The van der Waals surface area contributed by atoms with E-state index < -0.39 is 15.8 Å². The van der Waals surface area contributed by atoms with Crippen LogP contribution in [0.4, 0.5) is 0 Å². The zero-order chi connectivity index (χ0) is 18.9. The topological polar surface area (TPSA) is 93.6 Å². The van der Waals surface area contributed by atoms with Crippen LogP contribution >= 0.6 is 0 Å². The molecule has 0 amide bonds. The van der Waals surface area contributed by atoms with Crippen molar-refractivity contribution >= 4 is 15.8 Å². The van der Waals surface area contributed by atoms with Crippen molar-refractivity contribution < 1.29 is 23.1 Å². The minimum atomic E-state index is -3.34. The average molecular weight is 375 g/mol. The molecule has 0 unspecified atom stereocenters. The molecule has 1 aromatic heterocycles. The normalized spacial score (nSPS) is 14.4. The van der Waals surface area contributed by atoms with Gasteiger partial charge in [0.1, 0.15) is 11.5 Å². The van der Waals surface area contributed by atoms with E-state index in [2.05, 4.69) is 18.8 Å². The van der Waals surface area contributed by atoms with Crippen molar-refractivity contribution in [2.45, 2.75) is 43.4 Å². The molecule has 0 saturated heterocycles. The van der Waals surface area contributed by atoms with Gasteiger partial charge in [-0.2, -0.15) is 0 Å². The van der Waals surface area contributed by atoms with Gasteiger partial charge in [-0.1, -0.05) is 13.8 Å². The Morgan fingerprint density at radius 2 is 1.96 bits per heavy atom. The van der Waals surface area contributed by atoms with Gasteiger partial charge in [-0.05, 0) is 61.1 Å². The molecule has 1 N–H and O–H groups in total. The van der Waals surface area contributed by atoms with Gasteiger partial charge in [-0.25, -0.2) is 18.2 Å². The Morgan fingerprint density at radius 3 is 2.50 bits per heavy atom. The van der Waals surface area contributed by atoms with E-state index in [4.69, 9.17) is 4.74 Å². The molecular formula is C19H21NO5S. The van der Waals surface area contributed by atoms with Gasteiger partial charge in [0.2, 0.25) is 0 Å². The van der Waals surface area contributed by atoms with Gasteiger partial charge in [-0.3, -0.25) is 0 Å². The van der Waals surface area contributed by atoms with E-state index in [0.29, 0.717) is 30.3 Å². The first-order valence-corrected chi connectivity index (χ1v) is 10.1. The molecule has 3 rings (SSSR count). The third-order valence-corrected chi connectivity index (χ3v) is 6.23. The van der Waals surface area contributed by atoms with Crippen molar-refractivity contribution in [1.82, 2.24) is 4.98 Å². The van der Waals surface area contributed by atoms with E-state index in [-0.39, 0.29) is 15.8 Å². The number of sulfone groups is 1. The molecule has 0 radical (unpaired) electrons. The first kappa shape index (κ1) is 18.4. The minimum absolute atomic E-state index is 0.0483. The number of pyridine rings is 1. The number of carbonyl (C=O) groups is 1. The summed E-state index contributed by atoms with van der Waals surface area (Å²) < 4.78 is 30.0. The molecule has 0 aliphatic heterocycles. The van der Waals surface area contributed by atoms with Crippen LogP contribution in [0.5, 0.6) is 11.5 Å². The van der Waals surface area contributed by atoms with Gasteiger partial charge < -0.3 is 9.84 Å². The number of rotatable bonds is 7. The second-order valence-corrected chi connectivity index (χ2v) is 9.12. The van der Waals surface area contributed by atoms with Gasteiger partial charge >= 0.3 is 5.97 Å². The van der Waals surface area contributed by atoms with E-state index >= 15 is 0 Å². The molecule has 138 valence electrons. The molecule has 0 spiro atoms. The molecule has 1 fully saturated rings. The maximum atomic E-state index is 12.2. The molecule has 1 heterocycles. The Hall–Kier alpha value is -2.41. The number of hydrogen-bond donors (Lipinski definition) is 1. The van der Waals surface area contributed by atoms with Gasteiger partial charge in [0.25, 0.3) is 0 Å². The molecule has 0 atom stereocenters. The van der Waals surface area contributed by atoms with E-state index in [9.17, 15) is 18.3 Å². The van der Waals surface area contributed by atoms with Crippen molar-refractivity contribution in [2.75, 3.05) is 0 Å². The molecule has 1 saturated carbocycles. The number of carboxylic acid groups (broad SMARTS) is 1. The van der Waals surface area contributed by atoms with Crippen molar-refractivity contribution in [1.29, 1.82) is 0 Å². The Bertz CT molecular complexity index is 915. The van der Waals surface area contributed by atoms with Crippen LogP contribution in [0.15, 0.2) is 41.6 Å². The van der Waals surface area contributed by atoms with Crippen molar-refractivity contribution in [3.8, 4) is 11.5 Å². The number of nitrogens with zero attached hydrogens (tertiary/aromatic N) is 1. The Kier molecular flexibility index (Phi) is 5.00. The summed E-state index contributed by atoms with van der Waals surface area (Å²) in [5.41, 5.74) is 1.02. The summed E-state index contributed by atoms with van der Waals surface area (Å²) in [5, 5.41) is 9.02. The lowest BCUT2D eigenvalue weighted by atomic mass is 10.0. The van der Waals surface area contributed by atoms with Gasteiger partial charge in [0.15, 0.2) is 14.9 Å². The molecule has 6 nitrogen and oxygen atoms in total. The third-order valence-electron chi connectivity index (χ3n) is 4.06. The number of aromatic nitrogens is 1. The van der Waals surface area contributed by atoms with E-state index in [0.717, 1.165) is 12.0 Å². The van der Waals surface area contributed by atoms with Crippen LogP contribution in [0.3, 0.4) is 0 Å². The monoisotopic (exact) mass is 375 g/mol. The molecule has 1 aliphatic carbocycles. The molecule has 0 bridgehead atoms. The predicted molar refractivity (Wildman–Crippen MR) is 96.5 cm³/mol. The lowest BCUT2D eigenvalue weighted by Crippen LogP contribution is -2.08. The smallest absolute Gasteiger partial charge is 0.335 e. The van der Waals surface area contributed by atoms with Crippen molar-refractivity contribution in [3.63, 3.8) is 0 Å². The van der Waals surface area contributed by atoms with Crippen molar-refractivity contribution in [3.05, 3.63) is 47.7 Å². The summed E-state index contributed by atoms with van der Waals surface area (Å²) in [6, 6.07) is 7.85. The van der Waals surface area contributed by atoms with Gasteiger partial charge in [0, 0.05) is 0 Å². The Labute approximate surface area is 152 Å². The average Bonchev–Trinajstić information content (AvgIpc) is 3.40. The van der Waals surface area contributed by atoms with E-state index in [1.165, 1.54) is 24.4 Å². The maximum Gasteiger partial charge on any atom is 0.335 e. The van der Waals surface area contributed by atoms with Gasteiger partial charge in [0.05, 0.1) is 17.0 Å². The zero-order valence-electron chi connectivity index (χ0n) is 14.7. The highest BCUT2D eigenvalue weighted by atomic mass is 32.2. The fraction of sp³-hybridized carbons (Fsp3) is 0.368. The second-order valence-electron chi connectivity index (χ2n) is 6.95. The third kappa shape index (κ3) is 4.22. The number of carboxylic acids is 1. The quantitative estimate of drug-likeness (QED) is 0.793. The Morgan fingerprint density at radius 1 is 1.23 bits per heavy atom. The lowest BCUT2D eigenvalue weighted by Gasteiger charge is -2.11. The highest BCUT2D eigenvalue weighted by molar-refractivity contribution is 7.92. The largest absolute Gasteiger partial charge is 0.478 e. The fourth-order valence-corrected chi connectivity index (χ4v) is 4.27. The zero-order valence-corrected chi connectivity index (χ0v) is 15.5. The van der Waals surface area contributed by atoms with E-state index in [1.54, 1.807) is 12.1 Å². The number of ether oxygens (including phenoxy) is 1. The number of hydrogen-bond acceptors (Lipinski definition) is 5. The Balaban J connectivity index is 1.83. The standard InChI is InChI=1S/C19H21NO5S/c1-12(2)7-13-8-14(19(21)22)10-16(9-13)25-15-3-6-18(20-11-15)26(23,24)17-4-5-17/h3,6,8-12,17H,4-5,7H2,1-2H3,(H,21,22).